The minimum Gasteiger partial charge on any atom is -0.398 e. The van der Waals surface area contributed by atoms with Crippen LogP contribution >= 0.6 is 0 Å². The zero-order chi connectivity index (χ0) is 10.3. The van der Waals surface area contributed by atoms with Gasteiger partial charge >= 0.3 is 0 Å². The molecule has 3 N–H and O–H groups in total. The molecule has 1 aromatic rings. The maximum absolute atomic E-state index is 9.96. The van der Waals surface area contributed by atoms with Crippen LogP contribution in [0, 0.1) is 19.8 Å². The molecule has 2 nitrogen and oxygen atoms in total. The molecule has 76 valence electrons. The third-order valence-corrected chi connectivity index (χ3v) is 3.03. The van der Waals surface area contributed by atoms with Crippen molar-refractivity contribution in [3.8, 4) is 0 Å². The van der Waals surface area contributed by atoms with Gasteiger partial charge in [-0.15, -0.1) is 0 Å². The summed E-state index contributed by atoms with van der Waals surface area (Å²) in [7, 11) is 0. The van der Waals surface area contributed by atoms with E-state index in [1.807, 2.05) is 26.0 Å². The Bertz CT molecular complexity index is 332. The van der Waals surface area contributed by atoms with Crippen LogP contribution in [-0.2, 0) is 0 Å². The monoisotopic (exact) mass is 191 g/mol. The normalized spacial score (nSPS) is 18.2. The first-order valence-electron chi connectivity index (χ1n) is 5.14. The summed E-state index contributed by atoms with van der Waals surface area (Å²) >= 11 is 0. The second kappa shape index (κ2) is 3.28. The molecule has 0 radical (unpaired) electrons. The van der Waals surface area contributed by atoms with Crippen LogP contribution in [0.5, 0.6) is 0 Å². The summed E-state index contributed by atoms with van der Waals surface area (Å²) in [4.78, 5) is 0. The minimum absolute atomic E-state index is 0.284. The number of hydrogen-bond donors (Lipinski definition) is 2. The molecule has 2 heteroatoms. The van der Waals surface area contributed by atoms with Crippen LogP contribution in [0.2, 0.25) is 0 Å². The maximum Gasteiger partial charge on any atom is 0.0818 e. The molecule has 0 amide bonds. The molecule has 1 aliphatic rings. The van der Waals surface area contributed by atoms with E-state index < -0.39 is 0 Å². The first-order valence-corrected chi connectivity index (χ1v) is 5.14. The predicted molar refractivity (Wildman–Crippen MR) is 58.0 cm³/mol. The van der Waals surface area contributed by atoms with E-state index >= 15 is 0 Å². The number of aliphatic hydroxyl groups is 1. The van der Waals surface area contributed by atoms with E-state index in [1.54, 1.807) is 0 Å². The lowest BCUT2D eigenvalue weighted by Crippen LogP contribution is -2.03. The number of aliphatic hydroxyl groups excluding tert-OH is 1. The third kappa shape index (κ3) is 1.62. The van der Waals surface area contributed by atoms with E-state index in [0.717, 1.165) is 35.2 Å². The van der Waals surface area contributed by atoms with Gasteiger partial charge in [-0.1, -0.05) is 12.1 Å². The van der Waals surface area contributed by atoms with Crippen molar-refractivity contribution in [2.45, 2.75) is 32.8 Å². The van der Waals surface area contributed by atoms with Gasteiger partial charge in [0.1, 0.15) is 0 Å². The molecule has 0 saturated heterocycles. The molecule has 0 bridgehead atoms. The minimum atomic E-state index is -0.284. The van der Waals surface area contributed by atoms with Crippen LogP contribution in [0.25, 0.3) is 0 Å². The van der Waals surface area contributed by atoms with Gasteiger partial charge in [0, 0.05) is 5.69 Å². The highest BCUT2D eigenvalue weighted by Gasteiger charge is 2.30. The molecular weight excluding hydrogens is 174 g/mol. The van der Waals surface area contributed by atoms with Gasteiger partial charge in [-0.05, 0) is 49.3 Å². The van der Waals surface area contributed by atoms with Crippen molar-refractivity contribution in [3.05, 3.63) is 28.8 Å². The highest BCUT2D eigenvalue weighted by Crippen LogP contribution is 2.41. The summed E-state index contributed by atoms with van der Waals surface area (Å²) in [5, 5.41) is 9.96. The summed E-state index contributed by atoms with van der Waals surface area (Å²) < 4.78 is 0. The first kappa shape index (κ1) is 9.53. The van der Waals surface area contributed by atoms with Gasteiger partial charge < -0.3 is 10.8 Å². The Kier molecular flexibility index (Phi) is 2.23. The smallest absolute Gasteiger partial charge is 0.0818 e. The molecule has 0 spiro atoms. The highest BCUT2D eigenvalue weighted by atomic mass is 16.3. The van der Waals surface area contributed by atoms with Crippen molar-refractivity contribution in [1.29, 1.82) is 0 Å². The maximum atomic E-state index is 9.96. The standard InChI is InChI=1S/C12H17NO/c1-7-5-10(6-8(2)11(7)13)12(14)9-3-4-9/h5-6,9,12,14H,3-4,13H2,1-2H3/t12-/m1/s1. The van der Waals surface area contributed by atoms with Crippen LogP contribution in [0.1, 0.15) is 35.6 Å². The fraction of sp³-hybridized carbons (Fsp3) is 0.500. The lowest BCUT2D eigenvalue weighted by molar-refractivity contribution is 0.153. The molecule has 1 aliphatic carbocycles. The van der Waals surface area contributed by atoms with Crippen LogP contribution in [-0.4, -0.2) is 5.11 Å². The number of hydrogen-bond acceptors (Lipinski definition) is 2. The van der Waals surface area contributed by atoms with Gasteiger partial charge in [-0.3, -0.25) is 0 Å². The number of rotatable bonds is 2. The number of benzene rings is 1. The predicted octanol–water partition coefficient (Wildman–Crippen LogP) is 2.33. The molecule has 0 unspecified atom stereocenters. The summed E-state index contributed by atoms with van der Waals surface area (Å²) in [6.45, 7) is 3.98. The second-order valence-corrected chi connectivity index (χ2v) is 4.35. The second-order valence-electron chi connectivity index (χ2n) is 4.35. The van der Waals surface area contributed by atoms with E-state index in [1.165, 1.54) is 0 Å². The Morgan fingerprint density at radius 3 is 2.21 bits per heavy atom. The molecule has 1 fully saturated rings. The molecular formula is C12H17NO. The Hall–Kier alpha value is -1.02. The van der Waals surface area contributed by atoms with Gasteiger partial charge in [0.05, 0.1) is 6.10 Å². The van der Waals surface area contributed by atoms with E-state index in [-0.39, 0.29) is 6.10 Å². The zero-order valence-electron chi connectivity index (χ0n) is 8.75. The van der Waals surface area contributed by atoms with Crippen molar-refractivity contribution in [3.63, 3.8) is 0 Å². The Morgan fingerprint density at radius 2 is 1.79 bits per heavy atom. The van der Waals surface area contributed by atoms with Gasteiger partial charge in [-0.2, -0.15) is 0 Å². The molecule has 0 aliphatic heterocycles. The SMILES string of the molecule is Cc1cc([C@H](O)C2CC2)cc(C)c1N. The van der Waals surface area contributed by atoms with Crippen molar-refractivity contribution in [2.75, 3.05) is 5.73 Å². The molecule has 0 heterocycles. The first-order chi connectivity index (χ1) is 6.59. The van der Waals surface area contributed by atoms with Gasteiger partial charge in [0.15, 0.2) is 0 Å². The summed E-state index contributed by atoms with van der Waals surface area (Å²) in [5.74, 6) is 0.484. The summed E-state index contributed by atoms with van der Waals surface area (Å²) in [5.41, 5.74) is 9.87. The molecule has 1 atom stereocenters. The molecule has 14 heavy (non-hydrogen) atoms. The fourth-order valence-electron chi connectivity index (χ4n) is 1.86. The number of nitrogen functional groups attached to an aromatic ring is 1. The average molecular weight is 191 g/mol. The number of aryl methyl sites for hydroxylation is 2. The van der Waals surface area contributed by atoms with Gasteiger partial charge in [-0.25, -0.2) is 0 Å². The largest absolute Gasteiger partial charge is 0.398 e. The number of anilines is 1. The molecule has 1 saturated carbocycles. The molecule has 2 rings (SSSR count). The van der Waals surface area contributed by atoms with E-state index in [0.29, 0.717) is 5.92 Å². The third-order valence-electron chi connectivity index (χ3n) is 3.03. The zero-order valence-corrected chi connectivity index (χ0v) is 8.75. The van der Waals surface area contributed by atoms with Crippen LogP contribution in [0.3, 0.4) is 0 Å². The quantitative estimate of drug-likeness (QED) is 0.705. The Balaban J connectivity index is 2.34. The topological polar surface area (TPSA) is 46.2 Å². The van der Waals surface area contributed by atoms with Gasteiger partial charge in [0.2, 0.25) is 0 Å². The molecule has 1 aromatic carbocycles. The fourth-order valence-corrected chi connectivity index (χ4v) is 1.86. The Labute approximate surface area is 84.7 Å². The lowest BCUT2D eigenvalue weighted by Gasteiger charge is -2.13. The molecule has 0 aromatic heterocycles. The van der Waals surface area contributed by atoms with E-state index in [9.17, 15) is 5.11 Å². The van der Waals surface area contributed by atoms with Crippen LogP contribution in [0.4, 0.5) is 5.69 Å². The summed E-state index contributed by atoms with van der Waals surface area (Å²) in [6, 6.07) is 4.01. The van der Waals surface area contributed by atoms with E-state index in [4.69, 9.17) is 5.73 Å². The van der Waals surface area contributed by atoms with Crippen LogP contribution < -0.4 is 5.73 Å². The van der Waals surface area contributed by atoms with Crippen molar-refractivity contribution >= 4 is 5.69 Å². The van der Waals surface area contributed by atoms with Crippen molar-refractivity contribution < 1.29 is 5.11 Å². The van der Waals surface area contributed by atoms with Gasteiger partial charge in [0.25, 0.3) is 0 Å². The Morgan fingerprint density at radius 1 is 1.29 bits per heavy atom. The lowest BCUT2D eigenvalue weighted by atomic mass is 9.99. The summed E-state index contributed by atoms with van der Waals surface area (Å²) in [6.07, 6.45) is 2.03. The van der Waals surface area contributed by atoms with Crippen molar-refractivity contribution in [1.82, 2.24) is 0 Å². The van der Waals surface area contributed by atoms with E-state index in [2.05, 4.69) is 0 Å². The highest BCUT2D eigenvalue weighted by molar-refractivity contribution is 5.54. The average Bonchev–Trinajstić information content (AvgIpc) is 2.95. The van der Waals surface area contributed by atoms with Crippen LogP contribution in [0.15, 0.2) is 12.1 Å². The number of nitrogens with two attached hydrogens (primary N) is 1. The van der Waals surface area contributed by atoms with Crippen molar-refractivity contribution in [2.24, 2.45) is 5.92 Å².